The summed E-state index contributed by atoms with van der Waals surface area (Å²) in [6.45, 7) is 20.0. The fourth-order valence-electron chi connectivity index (χ4n) is 3.22. The highest BCUT2D eigenvalue weighted by Gasteiger charge is 2.38. The summed E-state index contributed by atoms with van der Waals surface area (Å²) in [4.78, 5) is 23.4. The normalized spacial score (nSPS) is 16.8. The van der Waals surface area contributed by atoms with Crippen molar-refractivity contribution in [2.75, 3.05) is 18.0 Å². The lowest BCUT2D eigenvalue weighted by molar-refractivity contribution is 0.0448. The van der Waals surface area contributed by atoms with Gasteiger partial charge in [-0.2, -0.15) is 5.26 Å². The fourth-order valence-corrected chi connectivity index (χ4v) is 4.31. The van der Waals surface area contributed by atoms with Crippen LogP contribution in [-0.2, 0) is 15.8 Å². The van der Waals surface area contributed by atoms with Gasteiger partial charge in [-0.05, 0) is 58.7 Å². The number of nitriles is 1. The Labute approximate surface area is 204 Å². The lowest BCUT2D eigenvalue weighted by atomic mass is 9.89. The van der Waals surface area contributed by atoms with Crippen LogP contribution in [0.4, 0.5) is 10.6 Å². The summed E-state index contributed by atoms with van der Waals surface area (Å²) in [5.41, 5.74) is -0.220. The minimum absolute atomic E-state index is 0.0470. The number of piperidine rings is 1. The van der Waals surface area contributed by atoms with E-state index in [1.807, 2.05) is 33.8 Å². The van der Waals surface area contributed by atoms with Crippen LogP contribution in [0.15, 0.2) is 0 Å². The van der Waals surface area contributed by atoms with Crippen molar-refractivity contribution < 1.29 is 14.0 Å². The molecule has 0 radical (unpaired) electrons. The number of anilines is 1. The summed E-state index contributed by atoms with van der Waals surface area (Å²) in [6.07, 6.45) is 0.991. The number of nitrogens with one attached hydrogen (secondary N) is 1. The van der Waals surface area contributed by atoms with Crippen LogP contribution in [0.1, 0.15) is 72.7 Å². The molecule has 0 bridgehead atoms. The maximum absolute atomic E-state index is 12.3. The first-order valence-corrected chi connectivity index (χ1v) is 14.6. The highest BCUT2D eigenvalue weighted by Crippen LogP contribution is 2.38. The number of alkyl carbamates (subject to hydrolysis) is 1. The first kappa shape index (κ1) is 27.4. The lowest BCUT2D eigenvalue weighted by Gasteiger charge is -2.41. The molecule has 8 nitrogen and oxygen atoms in total. The molecule has 1 fully saturated rings. The second kappa shape index (κ2) is 9.77. The zero-order valence-corrected chi connectivity index (χ0v) is 23.2. The standard InChI is InChI=1S/C23H38ClN5O3Si/c1-21(2,3)32-20(30)28-23(7)10-12-29(13-11-23)19-17(26-16(14-25)18(24)27-19)15-31-33(8,9)22(4,5)6/h10-13,15H2,1-9H3,(H,28,30). The van der Waals surface area contributed by atoms with Gasteiger partial charge in [0.1, 0.15) is 17.4 Å². The Morgan fingerprint density at radius 2 is 1.79 bits per heavy atom. The number of hydrogen-bond acceptors (Lipinski definition) is 7. The zero-order chi connectivity index (χ0) is 25.2. The highest BCUT2D eigenvalue weighted by atomic mass is 35.5. The van der Waals surface area contributed by atoms with Crippen LogP contribution in [0.5, 0.6) is 0 Å². The van der Waals surface area contributed by atoms with E-state index in [1.54, 1.807) is 0 Å². The van der Waals surface area contributed by atoms with E-state index < -0.39 is 20.0 Å². The third-order valence-corrected chi connectivity index (χ3v) is 11.1. The van der Waals surface area contributed by atoms with Crippen molar-refractivity contribution in [3.05, 3.63) is 16.5 Å². The van der Waals surface area contributed by atoms with Gasteiger partial charge in [0.15, 0.2) is 25.0 Å². The molecule has 1 aliphatic heterocycles. The number of carbonyl (C=O) groups is 1. The van der Waals surface area contributed by atoms with Crippen molar-refractivity contribution in [1.82, 2.24) is 15.3 Å². The monoisotopic (exact) mass is 495 g/mol. The maximum Gasteiger partial charge on any atom is 0.408 e. The number of hydrogen-bond donors (Lipinski definition) is 1. The van der Waals surface area contributed by atoms with E-state index in [0.29, 0.717) is 37.4 Å². The molecule has 1 amide bonds. The Kier molecular flexibility index (Phi) is 8.09. The number of halogens is 1. The van der Waals surface area contributed by atoms with Crippen LogP contribution < -0.4 is 10.2 Å². The van der Waals surface area contributed by atoms with Crippen LogP contribution in [0.3, 0.4) is 0 Å². The van der Waals surface area contributed by atoms with E-state index in [-0.39, 0.29) is 28.0 Å². The molecule has 0 unspecified atom stereocenters. The molecule has 10 heteroatoms. The molecule has 1 saturated heterocycles. The van der Waals surface area contributed by atoms with Crippen molar-refractivity contribution in [2.24, 2.45) is 0 Å². The quantitative estimate of drug-likeness (QED) is 0.545. The molecular formula is C23H38ClN5O3Si. The Hall–Kier alpha value is -1.89. The molecule has 1 aromatic rings. The topological polar surface area (TPSA) is 100 Å². The van der Waals surface area contributed by atoms with Gasteiger partial charge in [-0.3, -0.25) is 0 Å². The van der Waals surface area contributed by atoms with Gasteiger partial charge in [-0.15, -0.1) is 0 Å². The summed E-state index contributed by atoms with van der Waals surface area (Å²) >= 11 is 6.24. The molecule has 184 valence electrons. The largest absolute Gasteiger partial charge is 0.444 e. The molecule has 2 heterocycles. The van der Waals surface area contributed by atoms with Gasteiger partial charge in [0, 0.05) is 18.6 Å². The molecule has 1 N–H and O–H groups in total. The van der Waals surface area contributed by atoms with Gasteiger partial charge in [0.2, 0.25) is 0 Å². The van der Waals surface area contributed by atoms with E-state index in [2.05, 4.69) is 54.0 Å². The smallest absolute Gasteiger partial charge is 0.408 e. The van der Waals surface area contributed by atoms with E-state index in [0.717, 1.165) is 0 Å². The van der Waals surface area contributed by atoms with E-state index in [9.17, 15) is 10.1 Å². The Bertz CT molecular complexity index is 910. The van der Waals surface area contributed by atoms with E-state index >= 15 is 0 Å². The average molecular weight is 496 g/mol. The molecule has 1 aliphatic rings. The SMILES string of the molecule is CC1(NC(=O)OC(C)(C)C)CCN(c2nc(Cl)c(C#N)nc2CO[Si](C)(C)C(C)(C)C)CC1. The average Bonchev–Trinajstić information content (AvgIpc) is 2.64. The number of nitrogens with zero attached hydrogens (tertiary/aromatic N) is 4. The molecule has 33 heavy (non-hydrogen) atoms. The molecule has 0 aromatic carbocycles. The summed E-state index contributed by atoms with van der Waals surface area (Å²) in [5.74, 6) is 0.636. The second-order valence-corrected chi connectivity index (χ2v) is 16.6. The van der Waals surface area contributed by atoms with Gasteiger partial charge in [0.25, 0.3) is 0 Å². The third kappa shape index (κ3) is 7.29. The van der Waals surface area contributed by atoms with Crippen molar-refractivity contribution in [3.63, 3.8) is 0 Å². The number of ether oxygens (including phenoxy) is 1. The molecule has 0 spiro atoms. The first-order valence-electron chi connectivity index (χ1n) is 11.3. The van der Waals surface area contributed by atoms with Crippen LogP contribution in [0.25, 0.3) is 0 Å². The zero-order valence-electron chi connectivity index (χ0n) is 21.4. The Morgan fingerprint density at radius 1 is 1.21 bits per heavy atom. The van der Waals surface area contributed by atoms with Crippen molar-refractivity contribution in [1.29, 1.82) is 5.26 Å². The molecule has 0 aliphatic carbocycles. The van der Waals surface area contributed by atoms with E-state index in [4.69, 9.17) is 20.8 Å². The van der Waals surface area contributed by atoms with Crippen LogP contribution in [0.2, 0.25) is 23.3 Å². The van der Waals surface area contributed by atoms with Crippen LogP contribution >= 0.6 is 11.6 Å². The maximum atomic E-state index is 12.3. The summed E-state index contributed by atoms with van der Waals surface area (Å²) in [5, 5.41) is 12.6. The first-order chi connectivity index (χ1) is 15.0. The summed E-state index contributed by atoms with van der Waals surface area (Å²) in [6, 6.07) is 2.02. The van der Waals surface area contributed by atoms with Crippen LogP contribution in [0, 0.1) is 11.3 Å². The predicted molar refractivity (Wildman–Crippen MR) is 133 cm³/mol. The number of amides is 1. The fraction of sp³-hybridized carbons (Fsp3) is 0.739. The Balaban J connectivity index is 2.19. The third-order valence-electron chi connectivity index (χ3n) is 6.36. The lowest BCUT2D eigenvalue weighted by Crippen LogP contribution is -2.54. The second-order valence-electron chi connectivity index (χ2n) is 11.5. The van der Waals surface area contributed by atoms with Gasteiger partial charge in [0.05, 0.1) is 6.61 Å². The summed E-state index contributed by atoms with van der Waals surface area (Å²) < 4.78 is 11.8. The van der Waals surface area contributed by atoms with Crippen LogP contribution in [-0.4, -0.2) is 48.6 Å². The van der Waals surface area contributed by atoms with Gasteiger partial charge in [-0.25, -0.2) is 14.8 Å². The summed E-state index contributed by atoms with van der Waals surface area (Å²) in [7, 11) is -2.03. The number of rotatable bonds is 5. The Morgan fingerprint density at radius 3 is 2.27 bits per heavy atom. The van der Waals surface area contributed by atoms with Crippen molar-refractivity contribution in [3.8, 4) is 6.07 Å². The minimum atomic E-state index is -2.03. The van der Waals surface area contributed by atoms with Gasteiger partial charge in [-0.1, -0.05) is 32.4 Å². The highest BCUT2D eigenvalue weighted by molar-refractivity contribution is 6.74. The molecule has 1 aromatic heterocycles. The van der Waals surface area contributed by atoms with Crippen molar-refractivity contribution >= 4 is 31.8 Å². The minimum Gasteiger partial charge on any atom is -0.444 e. The number of aromatic nitrogens is 2. The molecular weight excluding hydrogens is 458 g/mol. The van der Waals surface area contributed by atoms with E-state index in [1.165, 1.54) is 0 Å². The molecule has 0 saturated carbocycles. The molecule has 0 atom stereocenters. The number of carbonyl (C=O) groups excluding carboxylic acids is 1. The van der Waals surface area contributed by atoms with Crippen molar-refractivity contribution in [2.45, 2.75) is 97.2 Å². The predicted octanol–water partition coefficient (Wildman–Crippen LogP) is 5.41. The van der Waals surface area contributed by atoms with Gasteiger partial charge >= 0.3 is 6.09 Å². The molecule has 2 rings (SSSR count). The van der Waals surface area contributed by atoms with Gasteiger partial charge < -0.3 is 19.4 Å².